The molecule has 88 valence electrons. The van der Waals surface area contributed by atoms with Gasteiger partial charge in [-0.2, -0.15) is 0 Å². The third kappa shape index (κ3) is 4.55. The fourth-order valence-electron chi connectivity index (χ4n) is 1.09. The second-order valence-electron chi connectivity index (χ2n) is 3.56. The van der Waals surface area contributed by atoms with E-state index in [1.807, 2.05) is 38.4 Å². The first-order valence-corrected chi connectivity index (χ1v) is 6.67. The highest BCUT2D eigenvalue weighted by atomic mass is 79.9. The number of halogens is 1. The van der Waals surface area contributed by atoms with E-state index in [2.05, 4.69) is 26.0 Å². The average molecular weight is 303 g/mol. The van der Waals surface area contributed by atoms with Crippen molar-refractivity contribution in [2.45, 2.75) is 0 Å². The minimum Gasteiger partial charge on any atom is -0.410 e. The SMILES string of the molecule is CN(C)CCS/C(=N/O)c1ccc(Br)cc1. The van der Waals surface area contributed by atoms with Gasteiger partial charge in [0.2, 0.25) is 0 Å². The fourth-order valence-corrected chi connectivity index (χ4v) is 2.36. The summed E-state index contributed by atoms with van der Waals surface area (Å²) in [4.78, 5) is 2.10. The number of hydrogen-bond donors (Lipinski definition) is 1. The summed E-state index contributed by atoms with van der Waals surface area (Å²) < 4.78 is 1.02. The summed E-state index contributed by atoms with van der Waals surface area (Å²) in [5.74, 6) is 0.905. The molecule has 0 aromatic heterocycles. The van der Waals surface area contributed by atoms with Gasteiger partial charge in [0.1, 0.15) is 5.04 Å². The Morgan fingerprint density at radius 3 is 2.50 bits per heavy atom. The molecule has 0 aliphatic rings. The summed E-state index contributed by atoms with van der Waals surface area (Å²) in [6, 6.07) is 7.74. The van der Waals surface area contributed by atoms with E-state index < -0.39 is 0 Å². The van der Waals surface area contributed by atoms with Crippen molar-refractivity contribution < 1.29 is 5.21 Å². The average Bonchev–Trinajstić information content (AvgIpc) is 2.26. The summed E-state index contributed by atoms with van der Waals surface area (Å²) in [6.07, 6.45) is 0. The molecule has 0 fully saturated rings. The molecule has 0 saturated heterocycles. The van der Waals surface area contributed by atoms with Gasteiger partial charge in [0.05, 0.1) is 0 Å². The zero-order chi connectivity index (χ0) is 12.0. The van der Waals surface area contributed by atoms with Crippen molar-refractivity contribution in [3.05, 3.63) is 34.3 Å². The molecule has 0 radical (unpaired) electrons. The number of rotatable bonds is 4. The van der Waals surface area contributed by atoms with Gasteiger partial charge in [-0.3, -0.25) is 0 Å². The van der Waals surface area contributed by atoms with Gasteiger partial charge in [-0.05, 0) is 26.2 Å². The summed E-state index contributed by atoms with van der Waals surface area (Å²) in [7, 11) is 4.05. The van der Waals surface area contributed by atoms with Crippen molar-refractivity contribution in [2.75, 3.05) is 26.4 Å². The summed E-state index contributed by atoms with van der Waals surface area (Å²) in [5, 5.41) is 12.9. The lowest BCUT2D eigenvalue weighted by molar-refractivity contribution is 0.321. The highest BCUT2D eigenvalue weighted by Crippen LogP contribution is 2.16. The molecule has 0 atom stereocenters. The molecule has 1 rings (SSSR count). The van der Waals surface area contributed by atoms with Crippen LogP contribution in [0.25, 0.3) is 0 Å². The molecule has 0 saturated carbocycles. The Labute approximate surface area is 109 Å². The number of nitrogens with zero attached hydrogens (tertiary/aromatic N) is 2. The van der Waals surface area contributed by atoms with Crippen LogP contribution in [0.2, 0.25) is 0 Å². The van der Waals surface area contributed by atoms with Crippen LogP contribution < -0.4 is 0 Å². The molecule has 0 aliphatic heterocycles. The van der Waals surface area contributed by atoms with Crippen molar-refractivity contribution in [1.82, 2.24) is 4.90 Å². The predicted molar refractivity (Wildman–Crippen MR) is 73.5 cm³/mol. The lowest BCUT2D eigenvalue weighted by Gasteiger charge is -2.09. The van der Waals surface area contributed by atoms with Crippen LogP contribution in [0.3, 0.4) is 0 Å². The standard InChI is InChI=1S/C11H15BrN2OS/c1-14(2)7-8-16-11(13-15)9-3-5-10(12)6-4-9/h3-6,15H,7-8H2,1-2H3/b13-11+. The topological polar surface area (TPSA) is 35.8 Å². The van der Waals surface area contributed by atoms with Crippen molar-refractivity contribution >= 4 is 32.7 Å². The third-order valence-corrected chi connectivity index (χ3v) is 3.47. The highest BCUT2D eigenvalue weighted by Gasteiger charge is 2.05. The van der Waals surface area contributed by atoms with E-state index in [4.69, 9.17) is 5.21 Å². The van der Waals surface area contributed by atoms with Gasteiger partial charge in [-0.25, -0.2) is 0 Å². The van der Waals surface area contributed by atoms with Gasteiger partial charge in [0, 0.05) is 22.3 Å². The molecular formula is C11H15BrN2OS. The zero-order valence-electron chi connectivity index (χ0n) is 9.35. The summed E-state index contributed by atoms with van der Waals surface area (Å²) in [6.45, 7) is 0.959. The molecule has 0 aliphatic carbocycles. The Bertz CT molecular complexity index is 352. The first kappa shape index (κ1) is 13.5. The van der Waals surface area contributed by atoms with Crippen LogP contribution >= 0.6 is 27.7 Å². The first-order chi connectivity index (χ1) is 7.63. The van der Waals surface area contributed by atoms with E-state index in [1.165, 1.54) is 0 Å². The second kappa shape index (κ2) is 6.93. The maximum absolute atomic E-state index is 8.96. The normalized spacial score (nSPS) is 12.1. The Morgan fingerprint density at radius 2 is 2.00 bits per heavy atom. The predicted octanol–water partition coefficient (Wildman–Crippen LogP) is 2.88. The van der Waals surface area contributed by atoms with Crippen LogP contribution in [0.4, 0.5) is 0 Å². The second-order valence-corrected chi connectivity index (χ2v) is 5.56. The molecule has 0 unspecified atom stereocenters. The lowest BCUT2D eigenvalue weighted by atomic mass is 10.2. The maximum Gasteiger partial charge on any atom is 0.143 e. The first-order valence-electron chi connectivity index (χ1n) is 4.89. The van der Waals surface area contributed by atoms with Gasteiger partial charge in [0.15, 0.2) is 0 Å². The van der Waals surface area contributed by atoms with Crippen LogP contribution in [0.15, 0.2) is 33.9 Å². The molecule has 5 heteroatoms. The largest absolute Gasteiger partial charge is 0.410 e. The fraction of sp³-hybridized carbons (Fsp3) is 0.364. The van der Waals surface area contributed by atoms with Gasteiger partial charge >= 0.3 is 0 Å². The molecule has 16 heavy (non-hydrogen) atoms. The molecule has 0 bridgehead atoms. The summed E-state index contributed by atoms with van der Waals surface area (Å²) in [5.41, 5.74) is 0.939. The van der Waals surface area contributed by atoms with Crippen LogP contribution in [0, 0.1) is 0 Å². The van der Waals surface area contributed by atoms with E-state index in [-0.39, 0.29) is 0 Å². The van der Waals surface area contributed by atoms with Crippen molar-refractivity contribution in [3.8, 4) is 0 Å². The van der Waals surface area contributed by atoms with E-state index >= 15 is 0 Å². The Morgan fingerprint density at radius 1 is 1.38 bits per heavy atom. The van der Waals surface area contributed by atoms with Crippen LogP contribution in [0.5, 0.6) is 0 Å². The molecule has 1 aromatic rings. The quantitative estimate of drug-likeness (QED) is 0.402. The van der Waals surface area contributed by atoms with Gasteiger partial charge in [-0.1, -0.05) is 33.2 Å². The molecule has 0 amide bonds. The molecule has 3 nitrogen and oxygen atoms in total. The maximum atomic E-state index is 8.96. The van der Waals surface area contributed by atoms with Crippen molar-refractivity contribution in [3.63, 3.8) is 0 Å². The van der Waals surface area contributed by atoms with Gasteiger partial charge < -0.3 is 10.1 Å². The number of benzene rings is 1. The molecule has 1 aromatic carbocycles. The zero-order valence-corrected chi connectivity index (χ0v) is 11.8. The van der Waals surface area contributed by atoms with Crippen LogP contribution in [0.1, 0.15) is 5.56 Å². The van der Waals surface area contributed by atoms with Crippen LogP contribution in [-0.4, -0.2) is 41.5 Å². The van der Waals surface area contributed by atoms with E-state index in [1.54, 1.807) is 11.8 Å². The van der Waals surface area contributed by atoms with Crippen molar-refractivity contribution in [2.24, 2.45) is 5.16 Å². The Kier molecular flexibility index (Phi) is 5.87. The number of hydrogen-bond acceptors (Lipinski definition) is 4. The van der Waals surface area contributed by atoms with E-state index in [0.717, 1.165) is 22.3 Å². The lowest BCUT2D eigenvalue weighted by Crippen LogP contribution is -2.15. The minimum absolute atomic E-state index is 0.661. The van der Waals surface area contributed by atoms with Crippen molar-refractivity contribution in [1.29, 1.82) is 0 Å². The van der Waals surface area contributed by atoms with E-state index in [0.29, 0.717) is 5.04 Å². The Hall–Kier alpha value is -0.520. The monoisotopic (exact) mass is 302 g/mol. The third-order valence-electron chi connectivity index (χ3n) is 1.96. The minimum atomic E-state index is 0.661. The Balaban J connectivity index is 2.58. The van der Waals surface area contributed by atoms with Gasteiger partial charge in [0.25, 0.3) is 0 Å². The van der Waals surface area contributed by atoms with Crippen LogP contribution in [-0.2, 0) is 0 Å². The molecule has 1 N–H and O–H groups in total. The number of oxime groups is 1. The van der Waals surface area contributed by atoms with E-state index in [9.17, 15) is 0 Å². The van der Waals surface area contributed by atoms with Gasteiger partial charge in [-0.15, -0.1) is 11.8 Å². The smallest absolute Gasteiger partial charge is 0.143 e. The summed E-state index contributed by atoms with van der Waals surface area (Å²) >= 11 is 4.92. The molecular weight excluding hydrogens is 288 g/mol. The highest BCUT2D eigenvalue weighted by molar-refractivity contribution is 9.10. The number of thioether (sulfide) groups is 1. The molecule has 0 spiro atoms. The molecule has 0 heterocycles.